The van der Waals surface area contributed by atoms with Crippen LogP contribution in [0.25, 0.3) is 12.2 Å². The SMILES string of the molecule is CCOC(=O)[C@H](C)C(Nc1ccccc1O)c1ccc(/C=C/c2ccccc2)cc1. The first-order valence-corrected chi connectivity index (χ1v) is 10.1. The van der Waals surface area contributed by atoms with Crippen LogP contribution in [0, 0.1) is 5.92 Å². The minimum atomic E-state index is -0.435. The van der Waals surface area contributed by atoms with Crippen molar-refractivity contribution in [1.82, 2.24) is 0 Å². The predicted molar refractivity (Wildman–Crippen MR) is 122 cm³/mol. The second kappa shape index (κ2) is 10.3. The van der Waals surface area contributed by atoms with E-state index in [0.717, 1.165) is 16.7 Å². The maximum atomic E-state index is 12.4. The Bertz CT molecular complexity index is 981. The Morgan fingerprint density at radius 1 is 0.933 bits per heavy atom. The standard InChI is InChI=1S/C26H27NO3/c1-3-30-26(29)19(2)25(27-23-11-7-8-12-24(23)28)22-17-15-21(16-18-22)14-13-20-9-5-4-6-10-20/h4-19,25,27-28H,3H2,1-2H3/b14-13+/t19-,25?/m1/s1. The molecule has 0 bridgehead atoms. The highest BCUT2D eigenvalue weighted by Crippen LogP contribution is 2.32. The van der Waals surface area contributed by atoms with Gasteiger partial charge >= 0.3 is 5.97 Å². The van der Waals surface area contributed by atoms with Crippen LogP contribution in [0.1, 0.15) is 36.6 Å². The van der Waals surface area contributed by atoms with Crippen molar-refractivity contribution in [3.63, 3.8) is 0 Å². The Morgan fingerprint density at radius 2 is 1.53 bits per heavy atom. The molecule has 2 N–H and O–H groups in total. The fourth-order valence-electron chi connectivity index (χ4n) is 3.24. The third kappa shape index (κ3) is 5.51. The summed E-state index contributed by atoms with van der Waals surface area (Å²) in [7, 11) is 0. The number of anilines is 1. The van der Waals surface area contributed by atoms with Gasteiger partial charge in [-0.05, 0) is 42.7 Å². The second-order valence-corrected chi connectivity index (χ2v) is 7.09. The molecule has 0 amide bonds. The van der Waals surface area contributed by atoms with Crippen molar-refractivity contribution in [2.75, 3.05) is 11.9 Å². The van der Waals surface area contributed by atoms with E-state index in [-0.39, 0.29) is 17.8 Å². The molecule has 30 heavy (non-hydrogen) atoms. The van der Waals surface area contributed by atoms with Crippen molar-refractivity contribution in [2.45, 2.75) is 19.9 Å². The lowest BCUT2D eigenvalue weighted by Gasteiger charge is -2.26. The van der Waals surface area contributed by atoms with E-state index in [9.17, 15) is 9.90 Å². The molecule has 0 fully saturated rings. The van der Waals surface area contributed by atoms with Crippen LogP contribution >= 0.6 is 0 Å². The summed E-state index contributed by atoms with van der Waals surface area (Å²) in [6.07, 6.45) is 4.12. The maximum absolute atomic E-state index is 12.4. The molecule has 3 aromatic rings. The number of carbonyl (C=O) groups excluding carboxylic acids is 1. The van der Waals surface area contributed by atoms with Gasteiger partial charge in [-0.2, -0.15) is 0 Å². The smallest absolute Gasteiger partial charge is 0.311 e. The highest BCUT2D eigenvalue weighted by molar-refractivity contribution is 5.75. The molecule has 154 valence electrons. The molecule has 0 aliphatic rings. The zero-order valence-corrected chi connectivity index (χ0v) is 17.3. The minimum absolute atomic E-state index is 0.140. The lowest BCUT2D eigenvalue weighted by Crippen LogP contribution is -2.27. The highest BCUT2D eigenvalue weighted by Gasteiger charge is 2.27. The molecule has 0 aliphatic heterocycles. The Hall–Kier alpha value is -3.53. The lowest BCUT2D eigenvalue weighted by atomic mass is 9.93. The van der Waals surface area contributed by atoms with Crippen molar-refractivity contribution in [1.29, 1.82) is 0 Å². The van der Waals surface area contributed by atoms with E-state index in [2.05, 4.69) is 29.6 Å². The molecule has 0 aliphatic carbocycles. The van der Waals surface area contributed by atoms with E-state index in [0.29, 0.717) is 12.3 Å². The number of aromatic hydroxyl groups is 1. The van der Waals surface area contributed by atoms with Gasteiger partial charge in [0, 0.05) is 0 Å². The first-order valence-electron chi connectivity index (χ1n) is 10.1. The third-order valence-corrected chi connectivity index (χ3v) is 4.94. The molecule has 4 heteroatoms. The quantitative estimate of drug-likeness (QED) is 0.280. The summed E-state index contributed by atoms with van der Waals surface area (Å²) in [5.41, 5.74) is 3.71. The molecular weight excluding hydrogens is 374 g/mol. The van der Waals surface area contributed by atoms with E-state index in [1.807, 2.05) is 55.5 Å². The molecule has 0 heterocycles. The summed E-state index contributed by atoms with van der Waals surface area (Å²) >= 11 is 0. The first-order chi connectivity index (χ1) is 14.6. The number of ether oxygens (including phenoxy) is 1. The minimum Gasteiger partial charge on any atom is -0.506 e. The van der Waals surface area contributed by atoms with Crippen LogP contribution in [0.3, 0.4) is 0 Å². The number of benzene rings is 3. The fraction of sp³-hybridized carbons (Fsp3) is 0.192. The van der Waals surface area contributed by atoms with Crippen molar-refractivity contribution in [3.8, 4) is 5.75 Å². The van der Waals surface area contributed by atoms with Crippen LogP contribution in [-0.4, -0.2) is 17.7 Å². The molecule has 0 saturated heterocycles. The maximum Gasteiger partial charge on any atom is 0.311 e. The lowest BCUT2D eigenvalue weighted by molar-refractivity contribution is -0.147. The number of phenolic OH excluding ortho intramolecular Hbond substituents is 1. The number of para-hydroxylation sites is 2. The molecule has 2 atom stereocenters. The van der Waals surface area contributed by atoms with Crippen molar-refractivity contribution >= 4 is 23.8 Å². The third-order valence-electron chi connectivity index (χ3n) is 4.94. The van der Waals surface area contributed by atoms with E-state index >= 15 is 0 Å². The Labute approximate surface area is 177 Å². The van der Waals surface area contributed by atoms with Gasteiger partial charge in [-0.1, -0.05) is 78.9 Å². The average Bonchev–Trinajstić information content (AvgIpc) is 2.78. The summed E-state index contributed by atoms with van der Waals surface area (Å²) in [6, 6.07) is 24.8. The van der Waals surface area contributed by atoms with E-state index < -0.39 is 5.92 Å². The van der Waals surface area contributed by atoms with E-state index in [1.165, 1.54) is 0 Å². The summed E-state index contributed by atoms with van der Waals surface area (Å²) in [5, 5.41) is 13.5. The largest absolute Gasteiger partial charge is 0.506 e. The predicted octanol–water partition coefficient (Wildman–Crippen LogP) is 5.92. The van der Waals surface area contributed by atoms with Gasteiger partial charge in [-0.3, -0.25) is 4.79 Å². The number of nitrogens with one attached hydrogen (secondary N) is 1. The monoisotopic (exact) mass is 401 g/mol. The van der Waals surface area contributed by atoms with Gasteiger partial charge in [0.1, 0.15) is 5.75 Å². The van der Waals surface area contributed by atoms with Crippen molar-refractivity contribution < 1.29 is 14.6 Å². The second-order valence-electron chi connectivity index (χ2n) is 7.09. The van der Waals surface area contributed by atoms with Crippen LogP contribution in [0.2, 0.25) is 0 Å². The summed E-state index contributed by atoms with van der Waals surface area (Å²) in [4.78, 5) is 12.4. The number of hydrogen-bond acceptors (Lipinski definition) is 4. The molecule has 4 nitrogen and oxygen atoms in total. The highest BCUT2D eigenvalue weighted by atomic mass is 16.5. The zero-order valence-electron chi connectivity index (χ0n) is 17.3. The van der Waals surface area contributed by atoms with Gasteiger partial charge in [0.25, 0.3) is 0 Å². The van der Waals surface area contributed by atoms with Crippen LogP contribution in [0.5, 0.6) is 5.75 Å². The number of rotatable bonds is 8. The van der Waals surface area contributed by atoms with Gasteiger partial charge in [0.15, 0.2) is 0 Å². The molecule has 3 aromatic carbocycles. The van der Waals surface area contributed by atoms with Crippen molar-refractivity contribution in [3.05, 3.63) is 95.6 Å². The molecule has 0 aromatic heterocycles. The van der Waals surface area contributed by atoms with Gasteiger partial charge in [-0.25, -0.2) is 0 Å². The van der Waals surface area contributed by atoms with Gasteiger partial charge in [0.2, 0.25) is 0 Å². The summed E-state index contributed by atoms with van der Waals surface area (Å²) in [5.74, 6) is -0.574. The number of hydrogen-bond donors (Lipinski definition) is 2. The van der Waals surface area contributed by atoms with E-state index in [1.54, 1.807) is 25.1 Å². The molecular formula is C26H27NO3. The normalized spacial score (nSPS) is 13.0. The number of phenols is 1. The van der Waals surface area contributed by atoms with Crippen molar-refractivity contribution in [2.24, 2.45) is 5.92 Å². The topological polar surface area (TPSA) is 58.6 Å². The molecule has 0 radical (unpaired) electrons. The summed E-state index contributed by atoms with van der Waals surface area (Å²) < 4.78 is 5.23. The molecule has 3 rings (SSSR count). The number of esters is 1. The first kappa shape index (κ1) is 21.2. The average molecular weight is 402 g/mol. The van der Waals surface area contributed by atoms with Gasteiger partial charge in [0.05, 0.1) is 24.3 Å². The molecule has 0 saturated carbocycles. The Balaban J connectivity index is 1.84. The zero-order chi connectivity index (χ0) is 21.3. The van der Waals surface area contributed by atoms with E-state index in [4.69, 9.17) is 4.74 Å². The van der Waals surface area contributed by atoms with Crippen LogP contribution in [-0.2, 0) is 9.53 Å². The molecule has 0 spiro atoms. The Morgan fingerprint density at radius 3 is 2.17 bits per heavy atom. The Kier molecular flexibility index (Phi) is 7.28. The fourth-order valence-corrected chi connectivity index (χ4v) is 3.24. The van der Waals surface area contributed by atoms with Crippen LogP contribution in [0.15, 0.2) is 78.9 Å². The number of carbonyl (C=O) groups is 1. The van der Waals surface area contributed by atoms with Gasteiger partial charge < -0.3 is 15.2 Å². The molecule has 1 unspecified atom stereocenters. The van der Waals surface area contributed by atoms with Crippen LogP contribution < -0.4 is 5.32 Å². The van der Waals surface area contributed by atoms with Crippen LogP contribution in [0.4, 0.5) is 5.69 Å². The summed E-state index contributed by atoms with van der Waals surface area (Å²) in [6.45, 7) is 3.96. The van der Waals surface area contributed by atoms with Gasteiger partial charge in [-0.15, -0.1) is 0 Å².